The molecule has 0 atom stereocenters. The van der Waals surface area contributed by atoms with Crippen LogP contribution in [-0.2, 0) is 4.79 Å². The first-order valence-corrected chi connectivity index (χ1v) is 4.38. The largest absolute Gasteiger partial charge is 0.423 e. The Morgan fingerprint density at radius 3 is 2.93 bits per heavy atom. The Morgan fingerprint density at radius 2 is 2.33 bits per heavy atom. The topological polar surface area (TPSA) is 68.0 Å². The fourth-order valence-corrected chi connectivity index (χ4v) is 1.32. The lowest BCUT2D eigenvalue weighted by Crippen LogP contribution is -1.96. The number of nitrogens with one attached hydrogen (secondary N) is 1. The maximum absolute atomic E-state index is 10.3. The van der Waals surface area contributed by atoms with Crippen LogP contribution in [0.2, 0.25) is 0 Å². The summed E-state index contributed by atoms with van der Waals surface area (Å²) in [5.74, 6) is 0.468. The Labute approximate surface area is 86.1 Å². The highest BCUT2D eigenvalue weighted by Gasteiger charge is 2.05. The van der Waals surface area contributed by atoms with E-state index in [2.05, 4.69) is 15.5 Å². The van der Waals surface area contributed by atoms with E-state index in [1.165, 1.54) is 6.39 Å². The van der Waals surface area contributed by atoms with Crippen LogP contribution in [0.5, 0.6) is 0 Å². The first-order valence-electron chi connectivity index (χ1n) is 4.38. The van der Waals surface area contributed by atoms with Gasteiger partial charge < -0.3 is 9.73 Å². The molecule has 15 heavy (non-hydrogen) atoms. The van der Waals surface area contributed by atoms with Crippen molar-refractivity contribution in [1.82, 2.24) is 10.2 Å². The van der Waals surface area contributed by atoms with Gasteiger partial charge in [-0.05, 0) is 30.7 Å². The number of hydrogen-bond acceptors (Lipinski definition) is 4. The smallest absolute Gasteiger partial charge is 0.247 e. The molecule has 0 aliphatic heterocycles. The highest BCUT2D eigenvalue weighted by atomic mass is 16.4. The van der Waals surface area contributed by atoms with E-state index >= 15 is 0 Å². The van der Waals surface area contributed by atoms with Gasteiger partial charge in [0.2, 0.25) is 18.7 Å². The van der Waals surface area contributed by atoms with Crippen molar-refractivity contribution in [2.24, 2.45) is 0 Å². The number of carbonyl (C=O) groups excluding carboxylic acids is 1. The molecule has 1 aromatic carbocycles. The van der Waals surface area contributed by atoms with Crippen LogP contribution in [0.4, 0.5) is 5.69 Å². The van der Waals surface area contributed by atoms with Crippen molar-refractivity contribution < 1.29 is 9.21 Å². The lowest BCUT2D eigenvalue weighted by molar-refractivity contribution is -0.105. The summed E-state index contributed by atoms with van der Waals surface area (Å²) in [7, 11) is 0. The zero-order chi connectivity index (χ0) is 10.7. The molecule has 0 radical (unpaired) electrons. The van der Waals surface area contributed by atoms with E-state index in [1.54, 1.807) is 6.07 Å². The average molecular weight is 203 g/mol. The molecular weight excluding hydrogens is 194 g/mol. The van der Waals surface area contributed by atoms with Gasteiger partial charge in [-0.15, -0.1) is 10.2 Å². The Morgan fingerprint density at radius 1 is 1.47 bits per heavy atom. The van der Waals surface area contributed by atoms with Crippen LogP contribution in [0.25, 0.3) is 11.5 Å². The third-order valence-electron chi connectivity index (χ3n) is 2.05. The number of hydrogen-bond donors (Lipinski definition) is 1. The monoisotopic (exact) mass is 203 g/mol. The molecular formula is C10H9N3O2. The zero-order valence-corrected chi connectivity index (χ0v) is 8.10. The first kappa shape index (κ1) is 9.39. The Hall–Kier alpha value is -2.17. The van der Waals surface area contributed by atoms with Crippen molar-refractivity contribution in [1.29, 1.82) is 0 Å². The van der Waals surface area contributed by atoms with Crippen LogP contribution in [0.1, 0.15) is 5.56 Å². The summed E-state index contributed by atoms with van der Waals surface area (Å²) in [5, 5.41) is 10.00. The van der Waals surface area contributed by atoms with Crippen LogP contribution in [-0.4, -0.2) is 16.6 Å². The summed E-state index contributed by atoms with van der Waals surface area (Å²) >= 11 is 0. The van der Waals surface area contributed by atoms with E-state index in [0.29, 0.717) is 12.3 Å². The summed E-state index contributed by atoms with van der Waals surface area (Å²) in [6.45, 7) is 1.89. The number of aromatic nitrogens is 2. The van der Waals surface area contributed by atoms with E-state index in [1.807, 2.05) is 19.1 Å². The van der Waals surface area contributed by atoms with Crippen LogP contribution in [0.15, 0.2) is 29.0 Å². The molecule has 0 fully saturated rings. The maximum Gasteiger partial charge on any atom is 0.247 e. The van der Waals surface area contributed by atoms with Gasteiger partial charge in [0.25, 0.3) is 0 Å². The number of rotatable bonds is 3. The lowest BCUT2D eigenvalue weighted by Gasteiger charge is -2.04. The van der Waals surface area contributed by atoms with Crippen molar-refractivity contribution in [2.75, 3.05) is 5.32 Å². The molecule has 5 nitrogen and oxygen atoms in total. The molecule has 76 valence electrons. The fraction of sp³-hybridized carbons (Fsp3) is 0.100. The van der Waals surface area contributed by atoms with Crippen LogP contribution in [0.3, 0.4) is 0 Å². The van der Waals surface area contributed by atoms with Crippen molar-refractivity contribution >= 4 is 12.1 Å². The minimum atomic E-state index is 0.468. The minimum absolute atomic E-state index is 0.468. The van der Waals surface area contributed by atoms with Crippen molar-refractivity contribution in [2.45, 2.75) is 6.92 Å². The molecule has 0 spiro atoms. The molecule has 5 heteroatoms. The second-order valence-electron chi connectivity index (χ2n) is 3.04. The van der Waals surface area contributed by atoms with E-state index < -0.39 is 0 Å². The van der Waals surface area contributed by atoms with Crippen molar-refractivity contribution in [3.05, 3.63) is 30.2 Å². The summed E-state index contributed by atoms with van der Waals surface area (Å²) < 4.78 is 5.06. The van der Waals surface area contributed by atoms with E-state index in [0.717, 1.165) is 16.8 Å². The second kappa shape index (κ2) is 3.91. The number of aryl methyl sites for hydroxylation is 1. The molecule has 0 aliphatic rings. The Bertz CT molecular complexity index is 466. The van der Waals surface area contributed by atoms with Gasteiger partial charge in [0, 0.05) is 11.3 Å². The highest BCUT2D eigenvalue weighted by molar-refractivity contribution is 5.75. The molecule has 1 heterocycles. The minimum Gasteiger partial charge on any atom is -0.423 e. The van der Waals surface area contributed by atoms with Gasteiger partial charge in [-0.1, -0.05) is 0 Å². The van der Waals surface area contributed by atoms with Gasteiger partial charge in [0.15, 0.2) is 0 Å². The molecule has 1 N–H and O–H groups in total. The van der Waals surface area contributed by atoms with E-state index in [-0.39, 0.29) is 0 Å². The fourth-order valence-electron chi connectivity index (χ4n) is 1.32. The van der Waals surface area contributed by atoms with Gasteiger partial charge in [0.1, 0.15) is 0 Å². The molecule has 0 saturated carbocycles. The van der Waals surface area contributed by atoms with Crippen LogP contribution in [0, 0.1) is 6.92 Å². The second-order valence-corrected chi connectivity index (χ2v) is 3.04. The molecule has 0 saturated heterocycles. The summed E-state index contributed by atoms with van der Waals surface area (Å²) in [5.41, 5.74) is 2.55. The van der Waals surface area contributed by atoms with Gasteiger partial charge >= 0.3 is 0 Å². The third-order valence-corrected chi connectivity index (χ3v) is 2.05. The third kappa shape index (κ3) is 1.85. The predicted octanol–water partition coefficient (Wildman–Crippen LogP) is 1.61. The van der Waals surface area contributed by atoms with Crippen molar-refractivity contribution in [3.8, 4) is 11.5 Å². The predicted molar refractivity (Wildman–Crippen MR) is 54.2 cm³/mol. The maximum atomic E-state index is 10.3. The standard InChI is InChI=1S/C10H9N3O2/c1-7-4-8(10-13-12-6-15-10)2-3-9(7)11-5-14/h2-6H,1H3,(H,11,14). The molecule has 2 aromatic rings. The summed E-state index contributed by atoms with van der Waals surface area (Å²) in [6.07, 6.45) is 1.93. The number of amides is 1. The summed E-state index contributed by atoms with van der Waals surface area (Å²) in [4.78, 5) is 10.3. The van der Waals surface area contributed by atoms with Gasteiger partial charge in [-0.3, -0.25) is 4.79 Å². The van der Waals surface area contributed by atoms with Crippen LogP contribution >= 0.6 is 0 Å². The average Bonchev–Trinajstić information content (AvgIpc) is 2.74. The Balaban J connectivity index is 2.37. The number of nitrogens with zero attached hydrogens (tertiary/aromatic N) is 2. The number of benzene rings is 1. The lowest BCUT2D eigenvalue weighted by atomic mass is 10.1. The van der Waals surface area contributed by atoms with Gasteiger partial charge in [-0.25, -0.2) is 0 Å². The molecule has 0 unspecified atom stereocenters. The highest BCUT2D eigenvalue weighted by Crippen LogP contribution is 2.22. The molecule has 0 aliphatic carbocycles. The molecule has 0 bridgehead atoms. The summed E-state index contributed by atoms with van der Waals surface area (Å²) in [6, 6.07) is 5.48. The quantitative estimate of drug-likeness (QED) is 0.769. The van der Waals surface area contributed by atoms with Crippen LogP contribution < -0.4 is 5.32 Å². The normalized spacial score (nSPS) is 9.93. The van der Waals surface area contributed by atoms with Crippen molar-refractivity contribution in [3.63, 3.8) is 0 Å². The van der Waals surface area contributed by atoms with Gasteiger partial charge in [-0.2, -0.15) is 0 Å². The number of anilines is 1. The zero-order valence-electron chi connectivity index (χ0n) is 8.10. The molecule has 1 amide bonds. The van der Waals surface area contributed by atoms with E-state index in [9.17, 15) is 4.79 Å². The molecule has 1 aromatic heterocycles. The van der Waals surface area contributed by atoms with E-state index in [4.69, 9.17) is 4.42 Å². The number of carbonyl (C=O) groups is 1. The molecule has 2 rings (SSSR count). The SMILES string of the molecule is Cc1cc(-c2nnco2)ccc1NC=O. The first-order chi connectivity index (χ1) is 7.31. The Kier molecular flexibility index (Phi) is 2.45. The van der Waals surface area contributed by atoms with Gasteiger partial charge in [0.05, 0.1) is 0 Å².